The van der Waals surface area contributed by atoms with Crippen LogP contribution in [0.3, 0.4) is 0 Å². The fourth-order valence-electron chi connectivity index (χ4n) is 0.995. The fourth-order valence-corrected chi connectivity index (χ4v) is 1.73. The lowest BCUT2D eigenvalue weighted by Gasteiger charge is -2.05. The van der Waals surface area contributed by atoms with Crippen LogP contribution in [0.15, 0.2) is 12.1 Å². The zero-order chi connectivity index (χ0) is 9.84. The Hall–Kier alpha value is -0.350. The molecule has 0 amide bonds. The summed E-state index contributed by atoms with van der Waals surface area (Å²) in [5.41, 5.74) is 0.828. The first-order chi connectivity index (χ1) is 6.16. The topological polar surface area (TPSA) is 0 Å². The van der Waals surface area contributed by atoms with E-state index in [4.69, 9.17) is 41.2 Å². The van der Waals surface area contributed by atoms with Gasteiger partial charge in [-0.15, -0.1) is 12.3 Å². The Morgan fingerprint density at radius 1 is 1.15 bits per heavy atom. The molecule has 0 atom stereocenters. The van der Waals surface area contributed by atoms with Gasteiger partial charge in [0.25, 0.3) is 0 Å². The second-order valence-corrected chi connectivity index (χ2v) is 3.72. The van der Waals surface area contributed by atoms with E-state index < -0.39 is 0 Å². The predicted molar refractivity (Wildman–Crippen MR) is 58.6 cm³/mol. The monoisotopic (exact) mass is 232 g/mol. The molecule has 0 aliphatic carbocycles. The van der Waals surface area contributed by atoms with Gasteiger partial charge in [0.1, 0.15) is 0 Å². The van der Waals surface area contributed by atoms with Gasteiger partial charge in [-0.25, -0.2) is 0 Å². The van der Waals surface area contributed by atoms with Crippen molar-refractivity contribution >= 4 is 34.8 Å². The van der Waals surface area contributed by atoms with Crippen LogP contribution >= 0.6 is 34.8 Å². The average molecular weight is 234 g/mol. The summed E-state index contributed by atoms with van der Waals surface area (Å²) in [6.07, 6.45) is 6.42. The number of terminal acetylenes is 1. The van der Waals surface area contributed by atoms with E-state index >= 15 is 0 Å². The van der Waals surface area contributed by atoms with Crippen molar-refractivity contribution in [3.05, 3.63) is 32.8 Å². The molecule has 0 fully saturated rings. The second kappa shape index (κ2) is 4.77. The third-order valence-corrected chi connectivity index (χ3v) is 2.86. The highest BCUT2D eigenvalue weighted by molar-refractivity contribution is 6.44. The maximum atomic E-state index is 5.95. The molecule has 1 aromatic carbocycles. The number of hydrogen-bond donors (Lipinski definition) is 0. The lowest BCUT2D eigenvalue weighted by atomic mass is 10.1. The number of benzene rings is 1. The second-order valence-electron chi connectivity index (χ2n) is 2.53. The predicted octanol–water partition coefficient (Wildman–Crippen LogP) is 4.21. The van der Waals surface area contributed by atoms with Crippen LogP contribution in [0.1, 0.15) is 12.0 Å². The molecule has 1 aromatic rings. The molecule has 0 spiro atoms. The Bertz CT molecular complexity index is 350. The first kappa shape index (κ1) is 10.7. The lowest BCUT2D eigenvalue weighted by Crippen LogP contribution is -1.88. The highest BCUT2D eigenvalue weighted by Gasteiger charge is 2.08. The van der Waals surface area contributed by atoms with Gasteiger partial charge in [0.2, 0.25) is 0 Å². The molecule has 0 unspecified atom stereocenters. The summed E-state index contributed by atoms with van der Waals surface area (Å²) in [6.45, 7) is 0. The SMILES string of the molecule is C#CCCc1c(Cl)ccc(Cl)c1Cl. The summed E-state index contributed by atoms with van der Waals surface area (Å²) >= 11 is 17.7. The maximum absolute atomic E-state index is 5.95. The molecule has 0 nitrogen and oxygen atoms in total. The van der Waals surface area contributed by atoms with Gasteiger partial charge in [0.15, 0.2) is 0 Å². The number of halogens is 3. The van der Waals surface area contributed by atoms with Crippen molar-refractivity contribution in [3.63, 3.8) is 0 Å². The van der Waals surface area contributed by atoms with Crippen LogP contribution in [0.2, 0.25) is 15.1 Å². The summed E-state index contributed by atoms with van der Waals surface area (Å²) in [6, 6.07) is 3.40. The van der Waals surface area contributed by atoms with Crippen molar-refractivity contribution in [2.24, 2.45) is 0 Å². The minimum Gasteiger partial charge on any atom is -0.120 e. The molecule has 0 heterocycles. The first-order valence-electron chi connectivity index (χ1n) is 3.72. The molecule has 0 aliphatic rings. The third-order valence-electron chi connectivity index (χ3n) is 1.66. The van der Waals surface area contributed by atoms with Crippen LogP contribution in [-0.4, -0.2) is 0 Å². The van der Waals surface area contributed by atoms with Gasteiger partial charge < -0.3 is 0 Å². The summed E-state index contributed by atoms with van der Waals surface area (Å²) in [5.74, 6) is 2.53. The Morgan fingerprint density at radius 2 is 1.77 bits per heavy atom. The van der Waals surface area contributed by atoms with Crippen molar-refractivity contribution in [3.8, 4) is 12.3 Å². The molecule has 13 heavy (non-hydrogen) atoms. The van der Waals surface area contributed by atoms with Crippen LogP contribution in [0.4, 0.5) is 0 Å². The molecule has 0 aliphatic heterocycles. The van der Waals surface area contributed by atoms with Crippen molar-refractivity contribution < 1.29 is 0 Å². The normalized spacial score (nSPS) is 9.69. The first-order valence-corrected chi connectivity index (χ1v) is 4.86. The number of hydrogen-bond acceptors (Lipinski definition) is 0. The summed E-state index contributed by atoms with van der Waals surface area (Å²) in [4.78, 5) is 0. The Labute approximate surface area is 92.8 Å². The molecule has 1 rings (SSSR count). The smallest absolute Gasteiger partial charge is 0.0639 e. The van der Waals surface area contributed by atoms with E-state index in [1.165, 1.54) is 0 Å². The van der Waals surface area contributed by atoms with Gasteiger partial charge in [-0.2, -0.15) is 0 Å². The quantitative estimate of drug-likeness (QED) is 0.530. The Morgan fingerprint density at radius 3 is 2.38 bits per heavy atom. The summed E-state index contributed by atoms with van der Waals surface area (Å²) < 4.78 is 0. The van der Waals surface area contributed by atoms with Crippen LogP contribution in [-0.2, 0) is 6.42 Å². The van der Waals surface area contributed by atoms with Gasteiger partial charge in [-0.1, -0.05) is 34.8 Å². The van der Waals surface area contributed by atoms with Crippen LogP contribution in [0.5, 0.6) is 0 Å². The van der Waals surface area contributed by atoms with E-state index in [0.717, 1.165) is 5.56 Å². The van der Waals surface area contributed by atoms with Gasteiger partial charge in [0, 0.05) is 11.4 Å². The van der Waals surface area contributed by atoms with Crippen LogP contribution < -0.4 is 0 Å². The largest absolute Gasteiger partial charge is 0.120 e. The van der Waals surface area contributed by atoms with Gasteiger partial charge in [-0.05, 0) is 24.1 Å². The maximum Gasteiger partial charge on any atom is 0.0639 e. The fraction of sp³-hybridized carbons (Fsp3) is 0.200. The standard InChI is InChI=1S/C10H7Cl3/c1-2-3-4-7-8(11)5-6-9(12)10(7)13/h1,5-6H,3-4H2. The molecule has 0 saturated carbocycles. The zero-order valence-corrected chi connectivity index (χ0v) is 9.05. The molecule has 68 valence electrons. The van der Waals surface area contributed by atoms with Crippen molar-refractivity contribution in [1.29, 1.82) is 0 Å². The molecule has 0 bridgehead atoms. The molecule has 0 saturated heterocycles. The molecular formula is C10H7Cl3. The molecule has 0 aromatic heterocycles. The van der Waals surface area contributed by atoms with Crippen molar-refractivity contribution in [2.75, 3.05) is 0 Å². The van der Waals surface area contributed by atoms with E-state index in [0.29, 0.717) is 27.9 Å². The van der Waals surface area contributed by atoms with Crippen LogP contribution in [0.25, 0.3) is 0 Å². The summed E-state index contributed by atoms with van der Waals surface area (Å²) in [7, 11) is 0. The van der Waals surface area contributed by atoms with Gasteiger partial charge >= 0.3 is 0 Å². The van der Waals surface area contributed by atoms with Gasteiger partial charge in [-0.3, -0.25) is 0 Å². The number of rotatable bonds is 2. The van der Waals surface area contributed by atoms with Crippen molar-refractivity contribution in [2.45, 2.75) is 12.8 Å². The average Bonchev–Trinajstić information content (AvgIpc) is 2.12. The highest BCUT2D eigenvalue weighted by atomic mass is 35.5. The van der Waals surface area contributed by atoms with E-state index in [1.54, 1.807) is 12.1 Å². The Balaban J connectivity index is 3.04. The summed E-state index contributed by atoms with van der Waals surface area (Å²) in [5, 5.41) is 1.63. The van der Waals surface area contributed by atoms with E-state index in [9.17, 15) is 0 Å². The minimum absolute atomic E-state index is 0.504. The zero-order valence-electron chi connectivity index (χ0n) is 6.78. The molecule has 3 heteroatoms. The molecule has 0 radical (unpaired) electrons. The van der Waals surface area contributed by atoms with Crippen molar-refractivity contribution in [1.82, 2.24) is 0 Å². The third kappa shape index (κ3) is 2.54. The lowest BCUT2D eigenvalue weighted by molar-refractivity contribution is 1.03. The molecule has 0 N–H and O–H groups in total. The minimum atomic E-state index is 0.504. The van der Waals surface area contributed by atoms with E-state index in [2.05, 4.69) is 5.92 Å². The van der Waals surface area contributed by atoms with Crippen LogP contribution in [0, 0.1) is 12.3 Å². The Kier molecular flexibility index (Phi) is 3.93. The van der Waals surface area contributed by atoms with E-state index in [-0.39, 0.29) is 0 Å². The molecular weight excluding hydrogens is 226 g/mol. The highest BCUT2D eigenvalue weighted by Crippen LogP contribution is 2.31. The van der Waals surface area contributed by atoms with E-state index in [1.807, 2.05) is 0 Å². The van der Waals surface area contributed by atoms with Gasteiger partial charge in [0.05, 0.1) is 10.0 Å².